The number of nitrogens with zero attached hydrogens (tertiary/aromatic N) is 2. The average molecular weight is 352 g/mol. The van der Waals surface area contributed by atoms with Crippen molar-refractivity contribution >= 4 is 17.5 Å². The monoisotopic (exact) mass is 352 g/mol. The lowest BCUT2D eigenvalue weighted by Crippen LogP contribution is -2.57. The maximum absolute atomic E-state index is 12.9. The Bertz CT molecular complexity index is 801. The number of carbonyl (C=O) groups excluding carboxylic acids is 2. The van der Waals surface area contributed by atoms with E-state index in [-0.39, 0.29) is 11.8 Å². The Labute approximate surface area is 154 Å². The number of hydrogen-bond acceptors (Lipinski definition) is 3. The molecule has 2 aromatic rings. The van der Waals surface area contributed by atoms with Gasteiger partial charge in [-0.25, -0.2) is 0 Å². The van der Waals surface area contributed by atoms with Crippen molar-refractivity contribution in [2.45, 2.75) is 26.8 Å². The van der Waals surface area contributed by atoms with E-state index in [0.29, 0.717) is 25.3 Å². The number of piperazine rings is 1. The van der Waals surface area contributed by atoms with Gasteiger partial charge in [-0.1, -0.05) is 23.8 Å². The summed E-state index contributed by atoms with van der Waals surface area (Å²) in [5.41, 5.74) is 2.52. The summed E-state index contributed by atoms with van der Waals surface area (Å²) in [6.45, 7) is 7.24. The van der Waals surface area contributed by atoms with Crippen LogP contribution in [-0.4, -0.2) is 42.5 Å². The zero-order valence-corrected chi connectivity index (χ0v) is 15.4. The molecular weight excluding hydrogens is 328 g/mol. The van der Waals surface area contributed by atoms with Crippen LogP contribution in [-0.2, 0) is 4.79 Å². The third-order valence-electron chi connectivity index (χ3n) is 4.66. The fourth-order valence-corrected chi connectivity index (χ4v) is 3.17. The van der Waals surface area contributed by atoms with Crippen LogP contribution in [0.15, 0.2) is 48.5 Å². The third kappa shape index (κ3) is 3.57. The summed E-state index contributed by atoms with van der Waals surface area (Å²) in [7, 11) is 0. The van der Waals surface area contributed by atoms with Gasteiger partial charge in [0, 0.05) is 30.4 Å². The summed E-state index contributed by atoms with van der Waals surface area (Å²) < 4.78 is 5.52. The van der Waals surface area contributed by atoms with Crippen LogP contribution in [0.1, 0.15) is 29.8 Å². The number of rotatable bonds is 4. The van der Waals surface area contributed by atoms with Crippen LogP contribution in [0.3, 0.4) is 0 Å². The maximum atomic E-state index is 12.9. The van der Waals surface area contributed by atoms with Gasteiger partial charge in [-0.2, -0.15) is 0 Å². The second-order valence-corrected chi connectivity index (χ2v) is 6.46. The van der Waals surface area contributed by atoms with E-state index in [9.17, 15) is 9.59 Å². The van der Waals surface area contributed by atoms with Gasteiger partial charge in [0.25, 0.3) is 5.91 Å². The van der Waals surface area contributed by atoms with E-state index in [1.54, 1.807) is 16.7 Å². The van der Waals surface area contributed by atoms with Crippen molar-refractivity contribution in [3.63, 3.8) is 0 Å². The van der Waals surface area contributed by atoms with Gasteiger partial charge >= 0.3 is 0 Å². The Morgan fingerprint density at radius 1 is 1.15 bits per heavy atom. The van der Waals surface area contributed by atoms with Crippen LogP contribution < -0.4 is 9.64 Å². The number of ether oxygens (including phenoxy) is 1. The predicted molar refractivity (Wildman–Crippen MR) is 102 cm³/mol. The highest BCUT2D eigenvalue weighted by atomic mass is 16.5. The molecule has 5 heteroatoms. The van der Waals surface area contributed by atoms with E-state index < -0.39 is 6.04 Å². The molecule has 1 aliphatic rings. The van der Waals surface area contributed by atoms with Crippen molar-refractivity contribution < 1.29 is 14.3 Å². The maximum Gasteiger partial charge on any atom is 0.254 e. The first kappa shape index (κ1) is 18.0. The Hall–Kier alpha value is -2.82. The van der Waals surface area contributed by atoms with Crippen LogP contribution in [0.25, 0.3) is 0 Å². The molecule has 0 radical (unpaired) electrons. The van der Waals surface area contributed by atoms with E-state index in [4.69, 9.17) is 4.74 Å². The van der Waals surface area contributed by atoms with Crippen LogP contribution in [0.4, 0.5) is 5.69 Å². The highest BCUT2D eigenvalue weighted by molar-refractivity contribution is 6.03. The molecule has 2 aromatic carbocycles. The van der Waals surface area contributed by atoms with Crippen molar-refractivity contribution in [2.75, 3.05) is 24.6 Å². The average Bonchev–Trinajstić information content (AvgIpc) is 2.64. The van der Waals surface area contributed by atoms with Gasteiger partial charge in [0.2, 0.25) is 5.91 Å². The van der Waals surface area contributed by atoms with Gasteiger partial charge in [0.15, 0.2) is 0 Å². The fraction of sp³-hybridized carbons (Fsp3) is 0.333. The summed E-state index contributed by atoms with van der Waals surface area (Å²) in [6, 6.07) is 14.5. The Morgan fingerprint density at radius 3 is 2.58 bits per heavy atom. The van der Waals surface area contributed by atoms with E-state index >= 15 is 0 Å². The standard InChI is InChI=1S/C21H24N2O3/c1-4-26-19-7-5-6-18(14-19)23-13-12-22(16(3)20(23)24)21(25)17-10-8-15(2)9-11-17/h5-11,14,16H,4,12-13H2,1-3H3. The van der Waals surface area contributed by atoms with Gasteiger partial charge in [-0.3, -0.25) is 9.59 Å². The molecule has 1 unspecified atom stereocenters. The number of anilines is 1. The molecule has 0 N–H and O–H groups in total. The molecule has 5 nitrogen and oxygen atoms in total. The predicted octanol–water partition coefficient (Wildman–Crippen LogP) is 3.27. The molecule has 26 heavy (non-hydrogen) atoms. The summed E-state index contributed by atoms with van der Waals surface area (Å²) in [5, 5.41) is 0. The van der Waals surface area contributed by atoms with Gasteiger partial charge in [0.05, 0.1) is 6.61 Å². The minimum Gasteiger partial charge on any atom is -0.494 e. The highest BCUT2D eigenvalue weighted by Crippen LogP contribution is 2.25. The topological polar surface area (TPSA) is 49.9 Å². The zero-order valence-electron chi connectivity index (χ0n) is 15.4. The van der Waals surface area contributed by atoms with Crippen molar-refractivity contribution in [2.24, 2.45) is 0 Å². The number of benzene rings is 2. The molecule has 0 spiro atoms. The number of carbonyl (C=O) groups is 2. The first-order valence-electron chi connectivity index (χ1n) is 8.93. The second kappa shape index (κ2) is 7.60. The molecule has 1 atom stereocenters. The molecule has 0 saturated carbocycles. The van der Waals surface area contributed by atoms with E-state index in [0.717, 1.165) is 17.0 Å². The van der Waals surface area contributed by atoms with Gasteiger partial charge in [-0.05, 0) is 45.0 Å². The quantitative estimate of drug-likeness (QED) is 0.848. The minimum absolute atomic E-state index is 0.0784. The number of amides is 2. The molecule has 3 rings (SSSR count). The molecule has 0 aromatic heterocycles. The van der Waals surface area contributed by atoms with E-state index in [1.807, 2.05) is 62.4 Å². The molecule has 0 aliphatic carbocycles. The van der Waals surface area contributed by atoms with Crippen LogP contribution in [0.5, 0.6) is 5.75 Å². The summed E-state index contributed by atoms with van der Waals surface area (Å²) in [6.07, 6.45) is 0. The zero-order chi connectivity index (χ0) is 18.7. The molecule has 136 valence electrons. The molecule has 1 aliphatic heterocycles. The van der Waals surface area contributed by atoms with Crippen molar-refractivity contribution in [1.29, 1.82) is 0 Å². The van der Waals surface area contributed by atoms with Crippen LogP contribution in [0.2, 0.25) is 0 Å². The van der Waals surface area contributed by atoms with Crippen LogP contribution in [0, 0.1) is 6.92 Å². The number of aryl methyl sites for hydroxylation is 1. The van der Waals surface area contributed by atoms with Crippen LogP contribution >= 0.6 is 0 Å². The van der Waals surface area contributed by atoms with Crippen molar-refractivity contribution in [1.82, 2.24) is 4.90 Å². The summed E-state index contributed by atoms with van der Waals surface area (Å²) in [5.74, 6) is 0.558. The Morgan fingerprint density at radius 2 is 1.88 bits per heavy atom. The van der Waals surface area contributed by atoms with E-state index in [2.05, 4.69) is 0 Å². The van der Waals surface area contributed by atoms with Crippen molar-refractivity contribution in [3.05, 3.63) is 59.7 Å². The lowest BCUT2D eigenvalue weighted by Gasteiger charge is -2.39. The third-order valence-corrected chi connectivity index (χ3v) is 4.66. The Balaban J connectivity index is 1.77. The smallest absolute Gasteiger partial charge is 0.254 e. The van der Waals surface area contributed by atoms with Crippen molar-refractivity contribution in [3.8, 4) is 5.75 Å². The molecule has 1 fully saturated rings. The molecule has 0 bridgehead atoms. The SMILES string of the molecule is CCOc1cccc(N2CCN(C(=O)c3ccc(C)cc3)C(C)C2=O)c1. The Kier molecular flexibility index (Phi) is 5.26. The lowest BCUT2D eigenvalue weighted by atomic mass is 10.1. The fourth-order valence-electron chi connectivity index (χ4n) is 3.17. The molecule has 1 heterocycles. The molecular formula is C21H24N2O3. The second-order valence-electron chi connectivity index (χ2n) is 6.46. The summed E-state index contributed by atoms with van der Waals surface area (Å²) in [4.78, 5) is 29.0. The number of hydrogen-bond donors (Lipinski definition) is 0. The molecule has 2 amide bonds. The highest BCUT2D eigenvalue weighted by Gasteiger charge is 2.35. The summed E-state index contributed by atoms with van der Waals surface area (Å²) >= 11 is 0. The van der Waals surface area contributed by atoms with E-state index in [1.165, 1.54) is 0 Å². The normalized spacial score (nSPS) is 17.3. The van der Waals surface area contributed by atoms with Gasteiger partial charge in [-0.15, -0.1) is 0 Å². The first-order chi connectivity index (χ1) is 12.5. The lowest BCUT2D eigenvalue weighted by molar-refractivity contribution is -0.124. The van der Waals surface area contributed by atoms with Gasteiger partial charge < -0.3 is 14.5 Å². The minimum atomic E-state index is -0.506. The molecule has 1 saturated heterocycles. The largest absolute Gasteiger partial charge is 0.494 e. The first-order valence-corrected chi connectivity index (χ1v) is 8.93. The van der Waals surface area contributed by atoms with Gasteiger partial charge in [0.1, 0.15) is 11.8 Å².